The Morgan fingerprint density at radius 2 is 1.88 bits per heavy atom. The Kier molecular flexibility index (Phi) is 5.39. The molecule has 160 valence electrons. The highest BCUT2D eigenvalue weighted by Gasteiger charge is 2.20. The van der Waals surface area contributed by atoms with Crippen LogP contribution in [-0.2, 0) is 4.79 Å². The second kappa shape index (κ2) is 8.31. The Morgan fingerprint density at radius 3 is 2.56 bits per heavy atom. The Balaban J connectivity index is 1.65. The first-order valence-corrected chi connectivity index (χ1v) is 9.40. The highest BCUT2D eigenvalue weighted by molar-refractivity contribution is 5.89. The highest BCUT2D eigenvalue weighted by atomic mass is 19.1. The summed E-state index contributed by atoms with van der Waals surface area (Å²) in [6.07, 6.45) is 1.14. The van der Waals surface area contributed by atoms with Crippen LogP contribution in [0.4, 0.5) is 26.0 Å². The molecule has 0 radical (unpaired) electrons. The average Bonchev–Trinajstić information content (AvgIpc) is 3.16. The minimum Gasteiger partial charge on any atom is -0.434 e. The third kappa shape index (κ3) is 4.04. The van der Waals surface area contributed by atoms with Crippen molar-refractivity contribution in [3.8, 4) is 17.7 Å². The number of carbonyl (C=O) groups is 1. The lowest BCUT2D eigenvalue weighted by atomic mass is 10.2. The number of benzene rings is 2. The number of fused-ring (bicyclic) bond motifs is 1. The molecule has 10 heteroatoms. The van der Waals surface area contributed by atoms with Crippen LogP contribution in [0.3, 0.4) is 0 Å². The number of H-pyrrole nitrogens is 1. The van der Waals surface area contributed by atoms with Crippen molar-refractivity contribution in [2.75, 3.05) is 10.6 Å². The number of anilines is 3. The van der Waals surface area contributed by atoms with Crippen molar-refractivity contribution in [2.24, 2.45) is 0 Å². The minimum atomic E-state index is -0.781. The third-order valence-corrected chi connectivity index (χ3v) is 4.50. The number of hydrogen-bond acceptors (Lipinski definition) is 6. The summed E-state index contributed by atoms with van der Waals surface area (Å²) in [6, 6.07) is 11.0. The molecule has 32 heavy (non-hydrogen) atoms. The van der Waals surface area contributed by atoms with Crippen molar-refractivity contribution in [3.05, 3.63) is 65.6 Å². The molecule has 0 unspecified atom stereocenters. The number of halogens is 2. The number of aryl methyl sites for hydroxylation is 1. The maximum absolute atomic E-state index is 14.9. The van der Waals surface area contributed by atoms with Gasteiger partial charge in [-0.05, 0) is 37.3 Å². The molecule has 0 spiro atoms. The van der Waals surface area contributed by atoms with Gasteiger partial charge in [0, 0.05) is 35.4 Å². The number of carbonyl (C=O) groups excluding carboxylic acids is 1. The summed E-state index contributed by atoms with van der Waals surface area (Å²) in [6.45, 7) is 3.08. The number of ether oxygens (including phenoxy) is 1. The molecule has 4 rings (SSSR count). The predicted octanol–water partition coefficient (Wildman–Crippen LogP) is 4.91. The van der Waals surface area contributed by atoms with E-state index in [9.17, 15) is 18.8 Å². The molecule has 0 saturated heterocycles. The summed E-state index contributed by atoms with van der Waals surface area (Å²) in [5.74, 6) is -2.21. The SMILES string of the molecule is CC(=O)Nc1ccc(Nc2ncnc(Oc3cc(F)c4[nH]c(C)cc4c3F)c2C#N)cc1. The lowest BCUT2D eigenvalue weighted by Gasteiger charge is -2.12. The Bertz CT molecular complexity index is 1380. The van der Waals surface area contributed by atoms with Crippen LogP contribution in [0.1, 0.15) is 18.2 Å². The molecule has 8 nitrogen and oxygen atoms in total. The Hall–Kier alpha value is -4.52. The fourth-order valence-electron chi connectivity index (χ4n) is 3.13. The van der Waals surface area contributed by atoms with Gasteiger partial charge in [0.1, 0.15) is 12.4 Å². The maximum Gasteiger partial charge on any atom is 0.242 e. The number of hydrogen-bond donors (Lipinski definition) is 3. The van der Waals surface area contributed by atoms with Gasteiger partial charge in [-0.3, -0.25) is 4.79 Å². The lowest BCUT2D eigenvalue weighted by molar-refractivity contribution is -0.114. The number of aromatic amines is 1. The van der Waals surface area contributed by atoms with Crippen molar-refractivity contribution in [2.45, 2.75) is 13.8 Å². The molecule has 0 aliphatic heterocycles. The fourth-order valence-corrected chi connectivity index (χ4v) is 3.13. The zero-order valence-corrected chi connectivity index (χ0v) is 17.0. The molecule has 2 heterocycles. The summed E-state index contributed by atoms with van der Waals surface area (Å²) in [5.41, 5.74) is 1.69. The molecule has 2 aromatic carbocycles. The summed E-state index contributed by atoms with van der Waals surface area (Å²) >= 11 is 0. The Morgan fingerprint density at radius 1 is 1.16 bits per heavy atom. The molecule has 0 fully saturated rings. The fraction of sp³-hybridized carbons (Fsp3) is 0.0909. The molecule has 4 aromatic rings. The number of amides is 1. The molecule has 0 aliphatic rings. The van der Waals surface area contributed by atoms with Crippen LogP contribution < -0.4 is 15.4 Å². The van der Waals surface area contributed by atoms with Gasteiger partial charge in [0.15, 0.2) is 28.8 Å². The molecule has 0 saturated carbocycles. The van der Waals surface area contributed by atoms with Gasteiger partial charge in [-0.1, -0.05) is 0 Å². The van der Waals surface area contributed by atoms with Crippen molar-refractivity contribution < 1.29 is 18.3 Å². The van der Waals surface area contributed by atoms with Gasteiger partial charge in [-0.15, -0.1) is 0 Å². The third-order valence-electron chi connectivity index (χ3n) is 4.50. The monoisotopic (exact) mass is 434 g/mol. The van der Waals surface area contributed by atoms with Crippen LogP contribution >= 0.6 is 0 Å². The normalized spacial score (nSPS) is 10.6. The van der Waals surface area contributed by atoms with Gasteiger partial charge < -0.3 is 20.4 Å². The standard InChI is InChI=1S/C22H16F2N6O2/c1-11-7-15-19(24)18(8-17(23)20(15)28-11)32-22-16(9-25)21(26-10-27-22)30-14-5-3-13(4-6-14)29-12(2)31/h3-8,10,28H,1-2H3,(H,29,31)(H,26,27,30). The highest BCUT2D eigenvalue weighted by Crippen LogP contribution is 2.34. The van der Waals surface area contributed by atoms with Gasteiger partial charge >= 0.3 is 0 Å². The average molecular weight is 434 g/mol. The van der Waals surface area contributed by atoms with Gasteiger partial charge in [-0.2, -0.15) is 5.26 Å². The summed E-state index contributed by atoms with van der Waals surface area (Å²) in [7, 11) is 0. The van der Waals surface area contributed by atoms with E-state index in [1.165, 1.54) is 13.0 Å². The van der Waals surface area contributed by atoms with Crippen LogP contribution in [-0.4, -0.2) is 20.9 Å². The largest absolute Gasteiger partial charge is 0.434 e. The van der Waals surface area contributed by atoms with Crippen LogP contribution in [0.2, 0.25) is 0 Å². The van der Waals surface area contributed by atoms with E-state index in [0.717, 1.165) is 12.4 Å². The predicted molar refractivity (Wildman–Crippen MR) is 114 cm³/mol. The van der Waals surface area contributed by atoms with Crippen molar-refractivity contribution >= 4 is 34.0 Å². The van der Waals surface area contributed by atoms with E-state index >= 15 is 0 Å². The molecule has 0 bridgehead atoms. The van der Waals surface area contributed by atoms with Gasteiger partial charge in [-0.25, -0.2) is 18.7 Å². The second-order valence-electron chi connectivity index (χ2n) is 6.91. The second-order valence-corrected chi connectivity index (χ2v) is 6.91. The smallest absolute Gasteiger partial charge is 0.242 e. The molecule has 3 N–H and O–H groups in total. The molecule has 0 aliphatic carbocycles. The quantitative estimate of drug-likeness (QED) is 0.411. The van der Waals surface area contributed by atoms with Gasteiger partial charge in [0.05, 0.1) is 5.52 Å². The van der Waals surface area contributed by atoms with Crippen molar-refractivity contribution in [1.29, 1.82) is 5.26 Å². The molecule has 2 aromatic heterocycles. The minimum absolute atomic E-state index is 0.0283. The van der Waals surface area contributed by atoms with Crippen LogP contribution in [0.15, 0.2) is 42.7 Å². The van der Waals surface area contributed by atoms with Crippen LogP contribution in [0.5, 0.6) is 11.6 Å². The number of rotatable bonds is 5. The maximum atomic E-state index is 14.9. The van der Waals surface area contributed by atoms with E-state index in [1.807, 2.05) is 6.07 Å². The van der Waals surface area contributed by atoms with Crippen LogP contribution in [0, 0.1) is 29.9 Å². The Labute approximate surface area is 180 Å². The number of aromatic nitrogens is 3. The number of nitriles is 1. The summed E-state index contributed by atoms with van der Waals surface area (Å²) in [5, 5.41) is 15.3. The zero-order chi connectivity index (χ0) is 22.8. The summed E-state index contributed by atoms with van der Waals surface area (Å²) in [4.78, 5) is 21.8. The van der Waals surface area contributed by atoms with Gasteiger partial charge in [0.2, 0.25) is 11.8 Å². The molecule has 0 atom stereocenters. The first-order chi connectivity index (χ1) is 15.4. The lowest BCUT2D eigenvalue weighted by Crippen LogP contribution is -2.05. The van der Waals surface area contributed by atoms with Crippen LogP contribution in [0.25, 0.3) is 10.9 Å². The molecular formula is C22H16F2N6O2. The van der Waals surface area contributed by atoms with E-state index in [0.29, 0.717) is 17.1 Å². The molecule has 1 amide bonds. The van der Waals surface area contributed by atoms with Gasteiger partial charge in [0.25, 0.3) is 0 Å². The molecular weight excluding hydrogens is 418 g/mol. The van der Waals surface area contributed by atoms with Crippen molar-refractivity contribution in [3.63, 3.8) is 0 Å². The van der Waals surface area contributed by atoms with E-state index < -0.39 is 17.4 Å². The first kappa shape index (κ1) is 20.7. The first-order valence-electron chi connectivity index (χ1n) is 9.40. The van der Waals surface area contributed by atoms with E-state index in [1.54, 1.807) is 31.2 Å². The number of nitrogens with zero attached hydrogens (tertiary/aromatic N) is 3. The van der Waals surface area contributed by atoms with E-state index in [-0.39, 0.29) is 34.1 Å². The zero-order valence-electron chi connectivity index (χ0n) is 17.0. The summed E-state index contributed by atoms with van der Waals surface area (Å²) < 4.78 is 34.7. The number of nitrogens with one attached hydrogen (secondary N) is 3. The van der Waals surface area contributed by atoms with E-state index in [4.69, 9.17) is 4.74 Å². The van der Waals surface area contributed by atoms with Crippen molar-refractivity contribution in [1.82, 2.24) is 15.0 Å². The van der Waals surface area contributed by atoms with E-state index in [2.05, 4.69) is 25.6 Å². The topological polar surface area (TPSA) is 116 Å².